The Balaban J connectivity index is 1.60. The molecule has 0 bridgehead atoms. The monoisotopic (exact) mass is 224 g/mol. The van der Waals surface area contributed by atoms with Crippen LogP contribution < -0.4 is 0 Å². The van der Waals surface area contributed by atoms with Gasteiger partial charge in [0.25, 0.3) is 0 Å². The zero-order valence-electron chi connectivity index (χ0n) is 10.5. The van der Waals surface area contributed by atoms with Gasteiger partial charge in [-0.25, -0.2) is 0 Å². The lowest BCUT2D eigenvalue weighted by Crippen LogP contribution is -2.30. The summed E-state index contributed by atoms with van der Waals surface area (Å²) in [6.45, 7) is 2.00. The van der Waals surface area contributed by atoms with Gasteiger partial charge in [-0.2, -0.15) is 0 Å². The highest BCUT2D eigenvalue weighted by atomic mass is 19.1. The second-order valence-electron chi connectivity index (χ2n) is 5.77. The van der Waals surface area contributed by atoms with Gasteiger partial charge in [-0.3, -0.25) is 4.39 Å². The maximum absolute atomic E-state index is 12.6. The van der Waals surface area contributed by atoms with E-state index in [1.807, 2.05) is 0 Å². The van der Waals surface area contributed by atoms with E-state index in [1.54, 1.807) is 0 Å². The van der Waals surface area contributed by atoms with E-state index >= 15 is 0 Å². The summed E-state index contributed by atoms with van der Waals surface area (Å²) in [5.41, 5.74) is 0. The predicted octanol–water partition coefficient (Wildman–Crippen LogP) is 4.75. The van der Waals surface area contributed by atoms with Crippen LogP contribution in [0.25, 0.3) is 0 Å². The predicted molar refractivity (Wildman–Crippen MR) is 67.1 cm³/mol. The Hall–Kier alpha value is -0.330. The largest absolute Gasteiger partial charge is 0.251 e. The van der Waals surface area contributed by atoms with Crippen LogP contribution in [0, 0.1) is 23.7 Å². The third-order valence-corrected chi connectivity index (χ3v) is 4.70. The molecular weight excluding hydrogens is 199 g/mol. The summed E-state index contributed by atoms with van der Waals surface area (Å²) in [7, 11) is 0. The maximum Gasteiger partial charge on any atom is 0.0925 e. The van der Waals surface area contributed by atoms with Gasteiger partial charge in [-0.15, -0.1) is 0 Å². The van der Waals surface area contributed by atoms with Crippen molar-refractivity contribution in [1.82, 2.24) is 0 Å². The van der Waals surface area contributed by atoms with Gasteiger partial charge in [0.05, 0.1) is 6.67 Å². The van der Waals surface area contributed by atoms with E-state index in [4.69, 9.17) is 0 Å². The molecule has 0 aliphatic heterocycles. The maximum atomic E-state index is 12.6. The molecule has 0 amide bonds. The Kier molecular flexibility index (Phi) is 4.43. The molecule has 2 aliphatic carbocycles. The van der Waals surface area contributed by atoms with E-state index in [1.165, 1.54) is 38.5 Å². The SMILES string of the molecule is CCC(CF)C1CC(C=CCC2CCC2)C1. The Labute approximate surface area is 99.3 Å². The van der Waals surface area contributed by atoms with Gasteiger partial charge in [-0.1, -0.05) is 44.8 Å². The van der Waals surface area contributed by atoms with Crippen LogP contribution in [0.4, 0.5) is 4.39 Å². The topological polar surface area (TPSA) is 0 Å². The van der Waals surface area contributed by atoms with Crippen LogP contribution in [0.3, 0.4) is 0 Å². The molecule has 2 aliphatic rings. The fourth-order valence-corrected chi connectivity index (χ4v) is 3.01. The minimum atomic E-state index is -0.111. The molecule has 2 saturated carbocycles. The van der Waals surface area contributed by atoms with Gasteiger partial charge in [0, 0.05) is 0 Å². The molecule has 0 spiro atoms. The standard InChI is InChI=1S/C15H25F/c1-2-14(11-16)15-9-13(10-15)8-4-7-12-5-3-6-12/h4,8,12-15H,2-3,5-7,9-11H2,1H3. The highest BCUT2D eigenvalue weighted by Gasteiger charge is 2.32. The molecule has 0 nitrogen and oxygen atoms in total. The molecule has 0 aromatic heterocycles. The van der Waals surface area contributed by atoms with Gasteiger partial charge in [0.1, 0.15) is 0 Å². The Bertz CT molecular complexity index is 220. The van der Waals surface area contributed by atoms with Crippen LogP contribution in [0.2, 0.25) is 0 Å². The van der Waals surface area contributed by atoms with Crippen LogP contribution in [0.1, 0.15) is 51.9 Å². The molecule has 1 heteroatoms. The molecule has 92 valence electrons. The normalized spacial score (nSPS) is 32.4. The first-order valence-electron chi connectivity index (χ1n) is 7.06. The molecule has 0 aromatic rings. The first-order chi connectivity index (χ1) is 7.83. The lowest BCUT2D eigenvalue weighted by molar-refractivity contribution is 0.127. The summed E-state index contributed by atoms with van der Waals surface area (Å²) in [4.78, 5) is 0. The van der Waals surface area contributed by atoms with E-state index in [0.29, 0.717) is 11.8 Å². The number of alkyl halides is 1. The van der Waals surface area contributed by atoms with E-state index < -0.39 is 0 Å². The zero-order chi connectivity index (χ0) is 11.4. The van der Waals surface area contributed by atoms with Gasteiger partial charge < -0.3 is 0 Å². The first-order valence-corrected chi connectivity index (χ1v) is 7.06. The molecule has 2 rings (SSSR count). The molecule has 1 atom stereocenters. The summed E-state index contributed by atoms with van der Waals surface area (Å²) >= 11 is 0. The number of rotatable bonds is 6. The Morgan fingerprint density at radius 3 is 2.56 bits per heavy atom. The number of hydrogen-bond donors (Lipinski definition) is 0. The van der Waals surface area contributed by atoms with Crippen molar-refractivity contribution in [2.75, 3.05) is 6.67 Å². The van der Waals surface area contributed by atoms with Crippen molar-refractivity contribution in [2.45, 2.75) is 51.9 Å². The van der Waals surface area contributed by atoms with Crippen molar-refractivity contribution in [3.8, 4) is 0 Å². The average molecular weight is 224 g/mol. The smallest absolute Gasteiger partial charge is 0.0925 e. The third-order valence-electron chi connectivity index (χ3n) is 4.70. The van der Waals surface area contributed by atoms with Crippen molar-refractivity contribution < 1.29 is 4.39 Å². The summed E-state index contributed by atoms with van der Waals surface area (Å²) < 4.78 is 12.6. The highest BCUT2D eigenvalue weighted by Crippen LogP contribution is 2.41. The van der Waals surface area contributed by atoms with Crippen molar-refractivity contribution in [3.63, 3.8) is 0 Å². The van der Waals surface area contributed by atoms with Crippen LogP contribution in [0.15, 0.2) is 12.2 Å². The second kappa shape index (κ2) is 5.84. The molecule has 0 saturated heterocycles. The van der Waals surface area contributed by atoms with Gasteiger partial charge in [0.2, 0.25) is 0 Å². The minimum absolute atomic E-state index is 0.111. The van der Waals surface area contributed by atoms with Crippen molar-refractivity contribution in [2.24, 2.45) is 23.7 Å². The number of halogens is 1. The van der Waals surface area contributed by atoms with Gasteiger partial charge >= 0.3 is 0 Å². The van der Waals surface area contributed by atoms with E-state index in [2.05, 4.69) is 19.1 Å². The van der Waals surface area contributed by atoms with E-state index in [9.17, 15) is 4.39 Å². The van der Waals surface area contributed by atoms with Crippen molar-refractivity contribution in [1.29, 1.82) is 0 Å². The number of allylic oxidation sites excluding steroid dienone is 2. The van der Waals surface area contributed by atoms with Crippen molar-refractivity contribution in [3.05, 3.63) is 12.2 Å². The molecule has 2 fully saturated rings. The lowest BCUT2D eigenvalue weighted by atomic mass is 9.68. The molecule has 0 radical (unpaired) electrons. The molecule has 0 heterocycles. The summed E-state index contributed by atoms with van der Waals surface area (Å²) in [6, 6.07) is 0. The molecule has 0 aromatic carbocycles. The third kappa shape index (κ3) is 2.87. The summed E-state index contributed by atoms with van der Waals surface area (Å²) in [5, 5.41) is 0. The molecular formula is C15H25F. The summed E-state index contributed by atoms with van der Waals surface area (Å²) in [6.07, 6.45) is 13.9. The quantitative estimate of drug-likeness (QED) is 0.571. The molecule has 16 heavy (non-hydrogen) atoms. The Morgan fingerprint density at radius 2 is 2.06 bits per heavy atom. The zero-order valence-corrected chi connectivity index (χ0v) is 10.5. The minimum Gasteiger partial charge on any atom is -0.251 e. The second-order valence-corrected chi connectivity index (χ2v) is 5.77. The van der Waals surface area contributed by atoms with E-state index in [0.717, 1.165) is 18.3 Å². The average Bonchev–Trinajstić information content (AvgIpc) is 2.17. The first kappa shape index (κ1) is 12.1. The van der Waals surface area contributed by atoms with Crippen LogP contribution in [-0.4, -0.2) is 6.67 Å². The van der Waals surface area contributed by atoms with Crippen molar-refractivity contribution >= 4 is 0 Å². The number of hydrogen-bond acceptors (Lipinski definition) is 0. The summed E-state index contributed by atoms with van der Waals surface area (Å²) in [5.74, 6) is 2.77. The lowest BCUT2D eigenvalue weighted by Gasteiger charge is -2.38. The van der Waals surface area contributed by atoms with Gasteiger partial charge in [-0.05, 0) is 42.9 Å². The van der Waals surface area contributed by atoms with Gasteiger partial charge in [0.15, 0.2) is 0 Å². The van der Waals surface area contributed by atoms with Crippen LogP contribution in [-0.2, 0) is 0 Å². The van der Waals surface area contributed by atoms with Crippen LogP contribution >= 0.6 is 0 Å². The fourth-order valence-electron chi connectivity index (χ4n) is 3.01. The highest BCUT2D eigenvalue weighted by molar-refractivity contribution is 4.98. The Morgan fingerprint density at radius 1 is 1.31 bits per heavy atom. The molecule has 0 N–H and O–H groups in total. The van der Waals surface area contributed by atoms with E-state index in [-0.39, 0.29) is 6.67 Å². The fraction of sp³-hybridized carbons (Fsp3) is 0.867. The van der Waals surface area contributed by atoms with Crippen LogP contribution in [0.5, 0.6) is 0 Å². The molecule has 1 unspecified atom stereocenters.